The van der Waals surface area contributed by atoms with Gasteiger partial charge < -0.3 is 24.2 Å². The first kappa shape index (κ1) is 26.8. The number of hydrogen-bond acceptors (Lipinski definition) is 5. The van der Waals surface area contributed by atoms with Gasteiger partial charge in [0.2, 0.25) is 5.75 Å². The van der Waals surface area contributed by atoms with E-state index in [0.717, 1.165) is 29.8 Å². The van der Waals surface area contributed by atoms with Crippen molar-refractivity contribution in [1.82, 2.24) is 4.90 Å². The predicted molar refractivity (Wildman–Crippen MR) is 154 cm³/mol. The standard InChI is InChI=1S/C33H35NO4/c1-5-29(24-10-7-6-8-11-24)32(25-14-18-27(19-15-25)37-23-22-34(2)3)26-16-20-28(21-17-26)38-31-13-9-12-30(35)33(31)36-4/h6-21,35H,5,22-23H2,1-4H3. The second kappa shape index (κ2) is 12.8. The lowest BCUT2D eigenvalue weighted by Gasteiger charge is -2.18. The van der Waals surface area contributed by atoms with Crippen molar-refractivity contribution in [2.75, 3.05) is 34.4 Å². The average Bonchev–Trinajstić information content (AvgIpc) is 2.93. The van der Waals surface area contributed by atoms with Crippen LogP contribution in [0.15, 0.2) is 97.1 Å². The van der Waals surface area contributed by atoms with E-state index < -0.39 is 0 Å². The Balaban J connectivity index is 1.69. The third kappa shape index (κ3) is 6.55. The number of methoxy groups -OCH3 is 1. The number of likely N-dealkylation sites (N-methyl/N-ethyl adjacent to an activating group) is 1. The van der Waals surface area contributed by atoms with Gasteiger partial charge in [-0.25, -0.2) is 0 Å². The quantitative estimate of drug-likeness (QED) is 0.212. The maximum Gasteiger partial charge on any atom is 0.203 e. The molecule has 38 heavy (non-hydrogen) atoms. The van der Waals surface area contributed by atoms with Gasteiger partial charge in [-0.2, -0.15) is 0 Å². The van der Waals surface area contributed by atoms with Crippen molar-refractivity contribution in [3.8, 4) is 28.7 Å². The van der Waals surface area contributed by atoms with E-state index in [9.17, 15) is 5.11 Å². The zero-order valence-electron chi connectivity index (χ0n) is 22.5. The summed E-state index contributed by atoms with van der Waals surface area (Å²) in [6.45, 7) is 3.70. The SMILES string of the molecule is CCC(=C(c1ccc(OCCN(C)C)cc1)c1ccc(Oc2cccc(O)c2OC)cc1)c1ccccc1. The van der Waals surface area contributed by atoms with Crippen molar-refractivity contribution in [3.05, 3.63) is 114 Å². The van der Waals surface area contributed by atoms with Crippen LogP contribution in [0.2, 0.25) is 0 Å². The Labute approximate surface area is 225 Å². The summed E-state index contributed by atoms with van der Waals surface area (Å²) in [6, 6.07) is 31.9. The van der Waals surface area contributed by atoms with Gasteiger partial charge in [0, 0.05) is 6.54 Å². The van der Waals surface area contributed by atoms with Gasteiger partial charge in [0.25, 0.3) is 0 Å². The molecule has 0 saturated carbocycles. The molecular weight excluding hydrogens is 474 g/mol. The molecular formula is C33H35NO4. The molecule has 0 spiro atoms. The van der Waals surface area contributed by atoms with Gasteiger partial charge in [-0.05, 0) is 84.8 Å². The molecule has 0 aliphatic carbocycles. The lowest BCUT2D eigenvalue weighted by molar-refractivity contribution is 0.261. The molecule has 4 aromatic rings. The fraction of sp³-hybridized carbons (Fsp3) is 0.212. The monoisotopic (exact) mass is 509 g/mol. The fourth-order valence-corrected chi connectivity index (χ4v) is 4.35. The predicted octanol–water partition coefficient (Wildman–Crippen LogP) is 7.50. The van der Waals surface area contributed by atoms with Crippen LogP contribution in [0.1, 0.15) is 30.0 Å². The fourth-order valence-electron chi connectivity index (χ4n) is 4.35. The number of benzene rings is 4. The molecule has 0 unspecified atom stereocenters. The second-order valence-electron chi connectivity index (χ2n) is 9.18. The number of phenols is 1. The van der Waals surface area contributed by atoms with Crippen molar-refractivity contribution in [1.29, 1.82) is 0 Å². The summed E-state index contributed by atoms with van der Waals surface area (Å²) < 4.78 is 17.3. The first-order valence-corrected chi connectivity index (χ1v) is 12.8. The molecule has 0 amide bonds. The molecule has 4 aromatic carbocycles. The van der Waals surface area contributed by atoms with E-state index in [4.69, 9.17) is 14.2 Å². The van der Waals surface area contributed by atoms with Gasteiger partial charge in [-0.3, -0.25) is 0 Å². The van der Waals surface area contributed by atoms with E-state index in [2.05, 4.69) is 60.4 Å². The Morgan fingerprint density at radius 2 is 1.37 bits per heavy atom. The van der Waals surface area contributed by atoms with Gasteiger partial charge in [0.15, 0.2) is 11.5 Å². The summed E-state index contributed by atoms with van der Waals surface area (Å²) >= 11 is 0. The molecule has 0 atom stereocenters. The molecule has 0 radical (unpaired) electrons. The van der Waals surface area contributed by atoms with Gasteiger partial charge in [-0.15, -0.1) is 0 Å². The third-order valence-electron chi connectivity index (χ3n) is 6.26. The van der Waals surface area contributed by atoms with Crippen molar-refractivity contribution in [2.45, 2.75) is 13.3 Å². The summed E-state index contributed by atoms with van der Waals surface area (Å²) in [5, 5.41) is 10.1. The Bertz CT molecular complexity index is 1340. The smallest absolute Gasteiger partial charge is 0.203 e. The van der Waals surface area contributed by atoms with Crippen LogP contribution in [0.5, 0.6) is 28.7 Å². The average molecular weight is 510 g/mol. The molecule has 4 rings (SSSR count). The molecule has 0 bridgehead atoms. The minimum absolute atomic E-state index is 0.0384. The maximum atomic E-state index is 10.1. The number of phenolic OH excluding ortho intramolecular Hbond substituents is 1. The van der Waals surface area contributed by atoms with Crippen molar-refractivity contribution in [2.24, 2.45) is 0 Å². The minimum Gasteiger partial charge on any atom is -0.504 e. The number of allylic oxidation sites excluding steroid dienone is 1. The molecule has 0 fully saturated rings. The van der Waals surface area contributed by atoms with Crippen LogP contribution >= 0.6 is 0 Å². The van der Waals surface area contributed by atoms with Crippen LogP contribution < -0.4 is 14.2 Å². The summed E-state index contributed by atoms with van der Waals surface area (Å²) in [5.74, 6) is 2.31. The van der Waals surface area contributed by atoms with Crippen molar-refractivity contribution in [3.63, 3.8) is 0 Å². The Kier molecular flexibility index (Phi) is 9.07. The topological polar surface area (TPSA) is 51.2 Å². The molecule has 0 saturated heterocycles. The van der Waals surface area contributed by atoms with Gasteiger partial charge in [0.05, 0.1) is 7.11 Å². The lowest BCUT2D eigenvalue weighted by Crippen LogP contribution is -2.19. The highest BCUT2D eigenvalue weighted by Crippen LogP contribution is 2.40. The Morgan fingerprint density at radius 1 is 0.737 bits per heavy atom. The summed E-state index contributed by atoms with van der Waals surface area (Å²) in [5.41, 5.74) is 5.83. The largest absolute Gasteiger partial charge is 0.504 e. The lowest BCUT2D eigenvalue weighted by atomic mass is 9.88. The molecule has 0 heterocycles. The summed E-state index contributed by atoms with van der Waals surface area (Å²) in [4.78, 5) is 2.10. The Morgan fingerprint density at radius 3 is 1.95 bits per heavy atom. The maximum absolute atomic E-state index is 10.1. The molecule has 5 heteroatoms. The molecule has 0 aliphatic heterocycles. The number of nitrogens with zero attached hydrogens (tertiary/aromatic N) is 1. The highest BCUT2D eigenvalue weighted by molar-refractivity contribution is 5.98. The van der Waals surface area contributed by atoms with E-state index in [0.29, 0.717) is 23.9 Å². The molecule has 0 aliphatic rings. The highest BCUT2D eigenvalue weighted by Gasteiger charge is 2.15. The van der Waals surface area contributed by atoms with E-state index in [-0.39, 0.29) is 5.75 Å². The molecule has 5 nitrogen and oxygen atoms in total. The molecule has 196 valence electrons. The number of rotatable bonds is 11. The third-order valence-corrected chi connectivity index (χ3v) is 6.26. The van der Waals surface area contributed by atoms with Gasteiger partial charge in [0.1, 0.15) is 18.1 Å². The first-order chi connectivity index (χ1) is 18.5. The van der Waals surface area contributed by atoms with Crippen molar-refractivity contribution < 1.29 is 19.3 Å². The van der Waals surface area contributed by atoms with Crippen LogP contribution in [0.3, 0.4) is 0 Å². The van der Waals surface area contributed by atoms with E-state index in [1.54, 1.807) is 18.2 Å². The zero-order chi connectivity index (χ0) is 26.9. The number of aromatic hydroxyl groups is 1. The summed E-state index contributed by atoms with van der Waals surface area (Å²) in [6.07, 6.45) is 0.874. The zero-order valence-corrected chi connectivity index (χ0v) is 22.5. The van der Waals surface area contributed by atoms with E-state index >= 15 is 0 Å². The summed E-state index contributed by atoms with van der Waals surface area (Å²) in [7, 11) is 5.59. The van der Waals surface area contributed by atoms with Gasteiger partial charge >= 0.3 is 0 Å². The minimum atomic E-state index is 0.0384. The van der Waals surface area contributed by atoms with E-state index in [1.807, 2.05) is 44.4 Å². The second-order valence-corrected chi connectivity index (χ2v) is 9.18. The van der Waals surface area contributed by atoms with Crippen LogP contribution in [-0.4, -0.2) is 44.4 Å². The highest BCUT2D eigenvalue weighted by atomic mass is 16.5. The number of para-hydroxylation sites is 1. The van der Waals surface area contributed by atoms with Crippen LogP contribution in [0.4, 0.5) is 0 Å². The van der Waals surface area contributed by atoms with Crippen LogP contribution in [-0.2, 0) is 0 Å². The molecule has 0 aromatic heterocycles. The van der Waals surface area contributed by atoms with Gasteiger partial charge in [-0.1, -0.05) is 67.6 Å². The van der Waals surface area contributed by atoms with Crippen LogP contribution in [0.25, 0.3) is 11.1 Å². The van der Waals surface area contributed by atoms with Crippen LogP contribution in [0, 0.1) is 0 Å². The first-order valence-electron chi connectivity index (χ1n) is 12.8. The Hall–Kier alpha value is -4.22. The van der Waals surface area contributed by atoms with E-state index in [1.165, 1.54) is 23.8 Å². The normalized spacial score (nSPS) is 11.7. The molecule has 1 N–H and O–H groups in total. The van der Waals surface area contributed by atoms with Crippen molar-refractivity contribution >= 4 is 11.1 Å². The number of hydrogen-bond donors (Lipinski definition) is 1. The number of ether oxygens (including phenoxy) is 3.